The van der Waals surface area contributed by atoms with Crippen molar-refractivity contribution in [2.45, 2.75) is 50.9 Å². The van der Waals surface area contributed by atoms with Crippen LogP contribution in [-0.2, 0) is 4.74 Å². The van der Waals surface area contributed by atoms with Crippen LogP contribution in [0.4, 0.5) is 0 Å². The Bertz CT molecular complexity index is 155. The van der Waals surface area contributed by atoms with E-state index in [-0.39, 0.29) is 12.2 Å². The first-order valence-corrected chi connectivity index (χ1v) is 4.54. The highest BCUT2D eigenvalue weighted by molar-refractivity contribution is 4.92. The zero-order valence-corrected chi connectivity index (χ0v) is 7.92. The second-order valence-electron chi connectivity index (χ2n) is 3.88. The van der Waals surface area contributed by atoms with E-state index in [9.17, 15) is 5.11 Å². The van der Waals surface area contributed by atoms with Crippen molar-refractivity contribution >= 4 is 0 Å². The van der Waals surface area contributed by atoms with Gasteiger partial charge in [-0.1, -0.05) is 6.08 Å². The summed E-state index contributed by atoms with van der Waals surface area (Å²) in [7, 11) is 0. The summed E-state index contributed by atoms with van der Waals surface area (Å²) in [6.07, 6.45) is 4.24. The highest BCUT2D eigenvalue weighted by Gasteiger charge is 2.35. The topological polar surface area (TPSA) is 29.5 Å². The quantitative estimate of drug-likeness (QED) is 0.641. The summed E-state index contributed by atoms with van der Waals surface area (Å²) in [5, 5.41) is 10.1. The molecule has 1 aliphatic rings. The molecule has 2 unspecified atom stereocenters. The van der Waals surface area contributed by atoms with Crippen LogP contribution in [0.25, 0.3) is 0 Å². The molecular formula is C10H18O2. The number of hydrogen-bond donors (Lipinski definition) is 1. The van der Waals surface area contributed by atoms with Crippen LogP contribution >= 0.6 is 0 Å². The number of rotatable bonds is 2. The van der Waals surface area contributed by atoms with Crippen LogP contribution < -0.4 is 0 Å². The van der Waals surface area contributed by atoms with Crippen LogP contribution in [0.2, 0.25) is 0 Å². The summed E-state index contributed by atoms with van der Waals surface area (Å²) in [5.74, 6) is 0. The lowest BCUT2D eigenvalue weighted by Crippen LogP contribution is -2.42. The Morgan fingerprint density at radius 2 is 2.00 bits per heavy atom. The fourth-order valence-electron chi connectivity index (χ4n) is 2.08. The van der Waals surface area contributed by atoms with Crippen molar-refractivity contribution < 1.29 is 9.84 Å². The fourth-order valence-corrected chi connectivity index (χ4v) is 2.08. The lowest BCUT2D eigenvalue weighted by atomic mass is 9.85. The van der Waals surface area contributed by atoms with Gasteiger partial charge < -0.3 is 9.84 Å². The number of aliphatic hydroxyl groups is 1. The summed E-state index contributed by atoms with van der Waals surface area (Å²) in [6, 6.07) is 0. The van der Waals surface area contributed by atoms with E-state index in [0.29, 0.717) is 6.42 Å². The van der Waals surface area contributed by atoms with E-state index in [1.807, 2.05) is 13.8 Å². The Kier molecular flexibility index (Phi) is 2.91. The normalized spacial score (nSPS) is 42.6. The highest BCUT2D eigenvalue weighted by atomic mass is 16.5. The van der Waals surface area contributed by atoms with Crippen LogP contribution in [0.5, 0.6) is 0 Å². The predicted octanol–water partition coefficient (Wildman–Crippen LogP) is 1.88. The third-order valence-corrected chi connectivity index (χ3v) is 2.32. The maximum Gasteiger partial charge on any atom is 0.0731 e. The van der Waals surface area contributed by atoms with Crippen LogP contribution in [0.1, 0.15) is 33.1 Å². The lowest BCUT2D eigenvalue weighted by Gasteiger charge is -2.38. The van der Waals surface area contributed by atoms with Crippen LogP contribution in [0, 0.1) is 0 Å². The molecule has 0 saturated carbocycles. The molecule has 0 bridgehead atoms. The van der Waals surface area contributed by atoms with Gasteiger partial charge in [-0.25, -0.2) is 0 Å². The van der Waals surface area contributed by atoms with Crippen molar-refractivity contribution in [1.29, 1.82) is 0 Å². The predicted molar refractivity (Wildman–Crippen MR) is 49.0 cm³/mol. The standard InChI is InChI=1S/C10H18O2/c1-4-5-10(11)6-8(2)12-9(3)7-10/h4,8-9,11H,1,5-7H2,2-3H3. The van der Waals surface area contributed by atoms with Gasteiger partial charge in [0, 0.05) is 12.8 Å². The molecule has 1 fully saturated rings. The molecule has 0 radical (unpaired) electrons. The number of hydrogen-bond acceptors (Lipinski definition) is 2. The van der Waals surface area contributed by atoms with Crippen molar-refractivity contribution in [2.75, 3.05) is 0 Å². The minimum absolute atomic E-state index is 0.165. The zero-order valence-electron chi connectivity index (χ0n) is 7.92. The van der Waals surface area contributed by atoms with Crippen LogP contribution in [-0.4, -0.2) is 22.9 Å². The van der Waals surface area contributed by atoms with E-state index in [4.69, 9.17) is 4.74 Å². The van der Waals surface area contributed by atoms with Crippen molar-refractivity contribution in [1.82, 2.24) is 0 Å². The van der Waals surface area contributed by atoms with Gasteiger partial charge in [0.15, 0.2) is 0 Å². The van der Waals surface area contributed by atoms with Crippen LogP contribution in [0.15, 0.2) is 12.7 Å². The molecule has 0 aromatic heterocycles. The third-order valence-electron chi connectivity index (χ3n) is 2.32. The minimum atomic E-state index is -0.571. The van der Waals surface area contributed by atoms with Gasteiger partial charge >= 0.3 is 0 Å². The molecule has 0 aromatic rings. The molecule has 1 saturated heterocycles. The van der Waals surface area contributed by atoms with Gasteiger partial charge in [-0.15, -0.1) is 6.58 Å². The first-order chi connectivity index (χ1) is 5.56. The molecule has 1 heterocycles. The maximum absolute atomic E-state index is 10.1. The summed E-state index contributed by atoms with van der Waals surface area (Å²) >= 11 is 0. The second-order valence-corrected chi connectivity index (χ2v) is 3.88. The molecule has 70 valence electrons. The molecule has 0 aliphatic carbocycles. The Morgan fingerprint density at radius 1 is 1.50 bits per heavy atom. The van der Waals surface area contributed by atoms with Gasteiger partial charge in [-0.3, -0.25) is 0 Å². The van der Waals surface area contributed by atoms with Gasteiger partial charge in [0.05, 0.1) is 17.8 Å². The molecule has 12 heavy (non-hydrogen) atoms. The fraction of sp³-hybridized carbons (Fsp3) is 0.800. The summed E-state index contributed by atoms with van der Waals surface area (Å²) in [6.45, 7) is 7.66. The Balaban J connectivity index is 2.57. The Labute approximate surface area is 74.2 Å². The molecule has 2 heteroatoms. The molecular weight excluding hydrogens is 152 g/mol. The highest BCUT2D eigenvalue weighted by Crippen LogP contribution is 2.31. The Hall–Kier alpha value is -0.340. The van der Waals surface area contributed by atoms with E-state index in [1.165, 1.54) is 0 Å². The van der Waals surface area contributed by atoms with Gasteiger partial charge in [0.25, 0.3) is 0 Å². The van der Waals surface area contributed by atoms with E-state index < -0.39 is 5.60 Å². The first-order valence-electron chi connectivity index (χ1n) is 4.54. The molecule has 1 aliphatic heterocycles. The molecule has 0 spiro atoms. The van der Waals surface area contributed by atoms with E-state index in [2.05, 4.69) is 6.58 Å². The molecule has 1 N–H and O–H groups in total. The average molecular weight is 170 g/mol. The molecule has 2 atom stereocenters. The van der Waals surface area contributed by atoms with Crippen molar-refractivity contribution in [3.05, 3.63) is 12.7 Å². The average Bonchev–Trinajstić information content (AvgIpc) is 1.82. The van der Waals surface area contributed by atoms with E-state index in [1.54, 1.807) is 6.08 Å². The zero-order chi connectivity index (χ0) is 9.19. The van der Waals surface area contributed by atoms with E-state index in [0.717, 1.165) is 12.8 Å². The van der Waals surface area contributed by atoms with Crippen LogP contribution in [0.3, 0.4) is 0 Å². The summed E-state index contributed by atoms with van der Waals surface area (Å²) < 4.78 is 5.53. The van der Waals surface area contributed by atoms with Crippen molar-refractivity contribution in [2.24, 2.45) is 0 Å². The SMILES string of the molecule is C=CCC1(O)CC(C)OC(C)C1. The van der Waals surface area contributed by atoms with Gasteiger partial charge in [0.1, 0.15) is 0 Å². The van der Waals surface area contributed by atoms with Gasteiger partial charge in [-0.2, -0.15) is 0 Å². The largest absolute Gasteiger partial charge is 0.389 e. The second kappa shape index (κ2) is 3.58. The molecule has 0 aromatic carbocycles. The minimum Gasteiger partial charge on any atom is -0.389 e. The summed E-state index contributed by atoms with van der Waals surface area (Å²) in [4.78, 5) is 0. The first kappa shape index (κ1) is 9.75. The monoisotopic (exact) mass is 170 g/mol. The molecule has 1 rings (SSSR count). The van der Waals surface area contributed by atoms with E-state index >= 15 is 0 Å². The smallest absolute Gasteiger partial charge is 0.0731 e. The third kappa shape index (κ3) is 2.32. The maximum atomic E-state index is 10.1. The summed E-state index contributed by atoms with van der Waals surface area (Å²) in [5.41, 5.74) is -0.571. The van der Waals surface area contributed by atoms with Gasteiger partial charge in [0.2, 0.25) is 0 Å². The lowest BCUT2D eigenvalue weighted by molar-refractivity contribution is -0.129. The van der Waals surface area contributed by atoms with Crippen molar-refractivity contribution in [3.63, 3.8) is 0 Å². The van der Waals surface area contributed by atoms with Gasteiger partial charge in [-0.05, 0) is 20.3 Å². The van der Waals surface area contributed by atoms with Crippen molar-refractivity contribution in [3.8, 4) is 0 Å². The Morgan fingerprint density at radius 3 is 2.42 bits per heavy atom. The number of ether oxygens (including phenoxy) is 1. The molecule has 2 nitrogen and oxygen atoms in total. The molecule has 0 amide bonds.